The summed E-state index contributed by atoms with van der Waals surface area (Å²) in [7, 11) is 1.48. The number of ether oxygens (including phenoxy) is 2. The molecule has 0 spiro atoms. The summed E-state index contributed by atoms with van der Waals surface area (Å²) >= 11 is 0. The number of carboxylic acid groups (broad SMARTS) is 1. The number of aryl methyl sites for hydroxylation is 1. The lowest BCUT2D eigenvalue weighted by molar-refractivity contribution is 0.0692. The van der Waals surface area contributed by atoms with Crippen LogP contribution in [-0.4, -0.2) is 39.3 Å². The molecule has 5 rings (SSSR count). The van der Waals surface area contributed by atoms with Gasteiger partial charge in [-0.05, 0) is 48.4 Å². The van der Waals surface area contributed by atoms with Gasteiger partial charge in [0.25, 0.3) is 0 Å². The molecule has 0 aliphatic heterocycles. The Balaban J connectivity index is 1.43. The lowest BCUT2D eigenvalue weighted by Crippen LogP contribution is -2.10. The molecule has 0 aliphatic carbocycles. The number of methoxy groups -OCH3 is 1. The van der Waals surface area contributed by atoms with Gasteiger partial charge in [0, 0.05) is 43.3 Å². The first-order chi connectivity index (χ1) is 20.1. The van der Waals surface area contributed by atoms with Gasteiger partial charge in [-0.1, -0.05) is 18.2 Å². The molecule has 0 unspecified atom stereocenters. The highest BCUT2D eigenvalue weighted by molar-refractivity contribution is 5.93. The molecule has 2 aromatic heterocycles. The van der Waals surface area contributed by atoms with Crippen molar-refractivity contribution in [1.82, 2.24) is 14.5 Å². The van der Waals surface area contributed by atoms with Crippen LogP contribution < -0.4 is 4.74 Å². The van der Waals surface area contributed by atoms with Crippen molar-refractivity contribution in [2.45, 2.75) is 26.5 Å². The van der Waals surface area contributed by atoms with Gasteiger partial charge in [0.15, 0.2) is 0 Å². The first-order valence-corrected chi connectivity index (χ1v) is 12.9. The second kappa shape index (κ2) is 12.0. The van der Waals surface area contributed by atoms with Crippen molar-refractivity contribution in [2.24, 2.45) is 0 Å². The Labute approximate surface area is 238 Å². The molecule has 5 aromatic rings. The van der Waals surface area contributed by atoms with Crippen LogP contribution in [0, 0.1) is 30.2 Å². The number of aromatic nitrogens is 3. The largest absolute Gasteiger partial charge is 0.478 e. The molecule has 0 bridgehead atoms. The Bertz CT molecular complexity index is 1810. The van der Waals surface area contributed by atoms with Crippen LogP contribution in [-0.2, 0) is 24.3 Å². The van der Waals surface area contributed by atoms with Gasteiger partial charge >= 0.3 is 5.97 Å². The van der Waals surface area contributed by atoms with Crippen LogP contribution in [0.2, 0.25) is 0 Å². The molecule has 0 fully saturated rings. The predicted octanol–water partition coefficient (Wildman–Crippen LogP) is 6.48. The highest BCUT2D eigenvalue weighted by Crippen LogP contribution is 2.29. The number of hydrogen-bond acceptors (Lipinski definition) is 5. The molecule has 0 amide bonds. The SMILES string of the molecule is COCCn1c(Cc2cc(F)c(-c3cccc(OCc4ccc(C)cc4F)n3)cc2F)nc2cc(F)c(C(=O)O)cc21. The number of aromatic carboxylic acids is 1. The van der Waals surface area contributed by atoms with E-state index in [-0.39, 0.29) is 60.2 Å². The smallest absolute Gasteiger partial charge is 0.338 e. The average Bonchev–Trinajstić information content (AvgIpc) is 3.28. The van der Waals surface area contributed by atoms with Gasteiger partial charge in [0.05, 0.1) is 28.9 Å². The second-order valence-corrected chi connectivity index (χ2v) is 9.64. The van der Waals surface area contributed by atoms with E-state index < -0.39 is 34.8 Å². The van der Waals surface area contributed by atoms with Crippen molar-refractivity contribution in [3.63, 3.8) is 0 Å². The molecule has 0 atom stereocenters. The van der Waals surface area contributed by atoms with E-state index in [9.17, 15) is 18.7 Å². The Morgan fingerprint density at radius 3 is 2.43 bits per heavy atom. The molecular weight excluding hydrogens is 554 g/mol. The molecule has 42 heavy (non-hydrogen) atoms. The molecule has 0 saturated carbocycles. The Hall–Kier alpha value is -4.77. The maximum Gasteiger partial charge on any atom is 0.338 e. The van der Waals surface area contributed by atoms with Crippen molar-refractivity contribution < 1.29 is 36.9 Å². The molecule has 0 aliphatic rings. The van der Waals surface area contributed by atoms with E-state index in [1.807, 2.05) is 0 Å². The van der Waals surface area contributed by atoms with Crippen LogP contribution in [0.15, 0.2) is 60.7 Å². The predicted molar refractivity (Wildman–Crippen MR) is 146 cm³/mol. The van der Waals surface area contributed by atoms with Crippen molar-refractivity contribution in [2.75, 3.05) is 13.7 Å². The number of carbonyl (C=O) groups is 1. The third-order valence-corrected chi connectivity index (χ3v) is 6.73. The molecule has 2 heterocycles. The van der Waals surface area contributed by atoms with Gasteiger partial charge in [-0.3, -0.25) is 0 Å². The third-order valence-electron chi connectivity index (χ3n) is 6.73. The van der Waals surface area contributed by atoms with Crippen LogP contribution in [0.3, 0.4) is 0 Å². The number of benzene rings is 3. The second-order valence-electron chi connectivity index (χ2n) is 9.64. The maximum absolute atomic E-state index is 15.4. The first kappa shape index (κ1) is 28.7. The molecule has 3 aromatic carbocycles. The lowest BCUT2D eigenvalue weighted by Gasteiger charge is -2.12. The van der Waals surface area contributed by atoms with Crippen molar-refractivity contribution >= 4 is 17.0 Å². The van der Waals surface area contributed by atoms with Crippen LogP contribution in [0.5, 0.6) is 5.88 Å². The highest BCUT2D eigenvalue weighted by atomic mass is 19.1. The zero-order chi connectivity index (χ0) is 30.0. The van der Waals surface area contributed by atoms with E-state index in [4.69, 9.17) is 9.47 Å². The number of rotatable bonds is 10. The number of imidazole rings is 1. The molecule has 0 saturated heterocycles. The summed E-state index contributed by atoms with van der Waals surface area (Å²) in [6.45, 7) is 2.11. The summed E-state index contributed by atoms with van der Waals surface area (Å²) in [4.78, 5) is 20.1. The number of fused-ring (bicyclic) bond motifs is 1. The number of nitrogens with zero attached hydrogens (tertiary/aromatic N) is 3. The van der Waals surface area contributed by atoms with Gasteiger partial charge in [-0.25, -0.2) is 32.3 Å². The van der Waals surface area contributed by atoms with E-state index in [1.54, 1.807) is 29.7 Å². The fourth-order valence-electron chi connectivity index (χ4n) is 4.58. The van der Waals surface area contributed by atoms with Crippen LogP contribution in [0.25, 0.3) is 22.3 Å². The Morgan fingerprint density at radius 1 is 0.905 bits per heavy atom. The Morgan fingerprint density at radius 2 is 1.69 bits per heavy atom. The third kappa shape index (κ3) is 5.96. The van der Waals surface area contributed by atoms with Gasteiger partial charge in [0.2, 0.25) is 5.88 Å². The van der Waals surface area contributed by atoms with E-state index in [1.165, 1.54) is 25.3 Å². The summed E-state index contributed by atoms with van der Waals surface area (Å²) in [6, 6.07) is 13.5. The molecular formula is C31H25F4N3O4. The molecule has 216 valence electrons. The van der Waals surface area contributed by atoms with Gasteiger partial charge in [0.1, 0.15) is 35.7 Å². The maximum atomic E-state index is 15.4. The normalized spacial score (nSPS) is 11.3. The number of carboxylic acids is 1. The van der Waals surface area contributed by atoms with E-state index in [2.05, 4.69) is 9.97 Å². The average molecular weight is 580 g/mol. The van der Waals surface area contributed by atoms with Crippen molar-refractivity contribution in [3.8, 4) is 17.1 Å². The van der Waals surface area contributed by atoms with Crippen LogP contribution in [0.1, 0.15) is 32.9 Å². The number of halogens is 4. The number of hydrogen-bond donors (Lipinski definition) is 1. The summed E-state index contributed by atoms with van der Waals surface area (Å²) in [5.41, 5.74) is 1.05. The van der Waals surface area contributed by atoms with Gasteiger partial charge in [-0.15, -0.1) is 0 Å². The van der Waals surface area contributed by atoms with E-state index in [0.717, 1.165) is 29.8 Å². The van der Waals surface area contributed by atoms with Gasteiger partial charge < -0.3 is 19.1 Å². The highest BCUT2D eigenvalue weighted by Gasteiger charge is 2.20. The topological polar surface area (TPSA) is 86.5 Å². The summed E-state index contributed by atoms with van der Waals surface area (Å²) in [6.07, 6.45) is -0.163. The number of pyridine rings is 1. The monoisotopic (exact) mass is 579 g/mol. The minimum Gasteiger partial charge on any atom is -0.478 e. The van der Waals surface area contributed by atoms with Crippen LogP contribution >= 0.6 is 0 Å². The Kier molecular flexibility index (Phi) is 8.21. The van der Waals surface area contributed by atoms with Crippen LogP contribution in [0.4, 0.5) is 17.6 Å². The minimum atomic E-state index is -1.44. The van der Waals surface area contributed by atoms with Gasteiger partial charge in [-0.2, -0.15) is 0 Å². The summed E-state index contributed by atoms with van der Waals surface area (Å²) in [5.74, 6) is -3.92. The minimum absolute atomic E-state index is 0.0218. The summed E-state index contributed by atoms with van der Waals surface area (Å²) < 4.78 is 71.5. The molecule has 7 nitrogen and oxygen atoms in total. The summed E-state index contributed by atoms with van der Waals surface area (Å²) in [5, 5.41) is 9.33. The zero-order valence-corrected chi connectivity index (χ0v) is 22.6. The quantitative estimate of drug-likeness (QED) is 0.191. The zero-order valence-electron chi connectivity index (χ0n) is 22.6. The molecule has 11 heteroatoms. The first-order valence-electron chi connectivity index (χ1n) is 12.9. The van der Waals surface area contributed by atoms with E-state index >= 15 is 8.78 Å². The molecule has 1 N–H and O–H groups in total. The fourth-order valence-corrected chi connectivity index (χ4v) is 4.58. The van der Waals surface area contributed by atoms with Crippen molar-refractivity contribution in [1.29, 1.82) is 0 Å². The molecule has 0 radical (unpaired) electrons. The standard InChI is InChI=1S/C31H25F4N3O4/c1-17-6-7-18(22(32)10-17)16-42-30-5-3-4-26(37-30)20-13-23(33)19(11-24(20)34)12-29-36-27-15-25(35)21(31(39)40)14-28(27)38(29)8-9-41-2/h3-7,10-11,13-15H,8-9,12,16H2,1-2H3,(H,39,40). The van der Waals surface area contributed by atoms with E-state index in [0.29, 0.717) is 11.1 Å². The fraction of sp³-hybridized carbons (Fsp3) is 0.194. The van der Waals surface area contributed by atoms with Crippen molar-refractivity contribution in [3.05, 3.63) is 112 Å². The lowest BCUT2D eigenvalue weighted by atomic mass is 10.0.